The first-order valence-corrected chi connectivity index (χ1v) is 14.7. The number of rotatable bonds is 5. The average molecular weight is 604 g/mol. The Hall–Kier alpha value is -3.52. The molecule has 6 rings (SSSR count). The van der Waals surface area contributed by atoms with Crippen LogP contribution in [0.5, 0.6) is 5.88 Å². The van der Waals surface area contributed by atoms with Crippen LogP contribution < -0.4 is 19.7 Å². The summed E-state index contributed by atoms with van der Waals surface area (Å²) in [6, 6.07) is 10.5. The van der Waals surface area contributed by atoms with E-state index in [1.807, 2.05) is 18.2 Å². The third kappa shape index (κ3) is 5.87. The van der Waals surface area contributed by atoms with E-state index in [1.165, 1.54) is 4.68 Å². The first kappa shape index (κ1) is 28.6. The summed E-state index contributed by atoms with van der Waals surface area (Å²) in [5.41, 5.74) is -1.60. The molecule has 0 radical (unpaired) electrons. The number of anilines is 2. The molecule has 0 aromatic carbocycles. The van der Waals surface area contributed by atoms with Gasteiger partial charge in [-0.05, 0) is 63.8 Å². The molecule has 4 bridgehead atoms. The number of nitrogens with one attached hydrogen (secondary N) is 2. The fourth-order valence-corrected chi connectivity index (χ4v) is 6.03. The number of alkyl halides is 3. The quantitative estimate of drug-likeness (QED) is 0.390. The van der Waals surface area contributed by atoms with E-state index in [1.54, 1.807) is 24.4 Å². The van der Waals surface area contributed by atoms with Crippen LogP contribution in [-0.2, 0) is 4.74 Å². The second-order valence-electron chi connectivity index (χ2n) is 11.5. The van der Waals surface area contributed by atoms with Crippen LogP contribution in [0.25, 0.3) is 5.82 Å². The predicted octanol–water partition coefficient (Wildman–Crippen LogP) is 5.01. The number of amides is 1. The van der Waals surface area contributed by atoms with E-state index in [-0.39, 0.29) is 49.3 Å². The van der Waals surface area contributed by atoms with Crippen LogP contribution in [0.1, 0.15) is 49.9 Å². The van der Waals surface area contributed by atoms with Crippen LogP contribution in [0.3, 0.4) is 0 Å². The monoisotopic (exact) mass is 603 g/mol. The molecule has 42 heavy (non-hydrogen) atoms. The molecule has 0 spiro atoms. The predicted molar refractivity (Wildman–Crippen MR) is 151 cm³/mol. The minimum Gasteiger partial charge on any atom is -0.477 e. The van der Waals surface area contributed by atoms with Crippen LogP contribution in [0.4, 0.5) is 24.8 Å². The van der Waals surface area contributed by atoms with Gasteiger partial charge >= 0.3 is 6.18 Å². The molecule has 1 atom stereocenters. The SMILES string of the molecule is CC1(C)CC2CN1c1nc(-n3ccc(OCCC4(C(F)(F)F)CC4)n3)ccc1C(=O)NSc1cccc(n1)NCCO2. The van der Waals surface area contributed by atoms with Gasteiger partial charge in [0, 0.05) is 42.8 Å². The van der Waals surface area contributed by atoms with Crippen molar-refractivity contribution in [2.24, 2.45) is 5.41 Å². The Labute approximate surface area is 245 Å². The van der Waals surface area contributed by atoms with Crippen molar-refractivity contribution in [3.05, 3.63) is 48.2 Å². The topological polar surface area (TPSA) is 106 Å². The van der Waals surface area contributed by atoms with Crippen LogP contribution >= 0.6 is 11.9 Å². The van der Waals surface area contributed by atoms with Crippen LogP contribution in [0, 0.1) is 5.41 Å². The average Bonchev–Trinajstić information content (AvgIpc) is 3.50. The maximum atomic E-state index is 13.5. The number of hydrogen-bond donors (Lipinski definition) is 2. The molecule has 1 aliphatic carbocycles. The third-order valence-corrected chi connectivity index (χ3v) is 8.75. The van der Waals surface area contributed by atoms with Gasteiger partial charge in [-0.1, -0.05) is 6.07 Å². The van der Waals surface area contributed by atoms with E-state index in [9.17, 15) is 18.0 Å². The molecule has 1 unspecified atom stereocenters. The number of nitrogens with zero attached hydrogens (tertiary/aromatic N) is 5. The number of halogens is 3. The fraction of sp³-hybridized carbons (Fsp3) is 0.500. The molecule has 1 amide bonds. The number of aromatic nitrogens is 4. The second-order valence-corrected chi connectivity index (χ2v) is 12.3. The van der Waals surface area contributed by atoms with Gasteiger partial charge in [0.25, 0.3) is 5.91 Å². The van der Waals surface area contributed by atoms with Crippen molar-refractivity contribution in [2.75, 3.05) is 36.5 Å². The van der Waals surface area contributed by atoms with Gasteiger partial charge in [0.1, 0.15) is 16.7 Å². The first-order valence-electron chi connectivity index (χ1n) is 13.9. The summed E-state index contributed by atoms with van der Waals surface area (Å²) >= 11 is 1.12. The molecule has 2 aliphatic heterocycles. The molecule has 3 aliphatic rings. The number of carbonyl (C=O) groups is 1. The van der Waals surface area contributed by atoms with Crippen molar-refractivity contribution in [3.63, 3.8) is 0 Å². The minimum absolute atomic E-state index is 0.0712. The van der Waals surface area contributed by atoms with Crippen molar-refractivity contribution >= 4 is 29.5 Å². The largest absolute Gasteiger partial charge is 0.477 e. The Balaban J connectivity index is 1.25. The molecular formula is C28H32F3N7O3S. The van der Waals surface area contributed by atoms with Gasteiger partial charge in [0.15, 0.2) is 5.82 Å². The zero-order chi connectivity index (χ0) is 29.5. The Morgan fingerprint density at radius 1 is 1.17 bits per heavy atom. The first-order chi connectivity index (χ1) is 20.0. The van der Waals surface area contributed by atoms with E-state index in [0.717, 1.165) is 18.4 Å². The summed E-state index contributed by atoms with van der Waals surface area (Å²) in [7, 11) is 0. The highest BCUT2D eigenvalue weighted by Gasteiger charge is 2.62. The Morgan fingerprint density at radius 3 is 2.79 bits per heavy atom. The number of hydrogen-bond acceptors (Lipinski definition) is 9. The van der Waals surface area contributed by atoms with E-state index >= 15 is 0 Å². The van der Waals surface area contributed by atoms with Crippen molar-refractivity contribution in [2.45, 2.75) is 62.4 Å². The molecular weight excluding hydrogens is 571 g/mol. The van der Waals surface area contributed by atoms with E-state index in [4.69, 9.17) is 14.5 Å². The van der Waals surface area contributed by atoms with Crippen LogP contribution in [0.15, 0.2) is 47.6 Å². The molecule has 2 fully saturated rings. The lowest BCUT2D eigenvalue weighted by molar-refractivity contribution is -0.190. The number of carbonyl (C=O) groups excluding carboxylic acids is 1. The summed E-state index contributed by atoms with van der Waals surface area (Å²) in [5, 5.41) is 8.28. The number of pyridine rings is 2. The third-order valence-electron chi connectivity index (χ3n) is 8.02. The molecule has 2 N–H and O–H groups in total. The highest BCUT2D eigenvalue weighted by atomic mass is 32.2. The zero-order valence-electron chi connectivity index (χ0n) is 23.3. The van der Waals surface area contributed by atoms with Gasteiger partial charge in [-0.25, -0.2) is 14.6 Å². The molecule has 10 nitrogen and oxygen atoms in total. The normalized spacial score (nSPS) is 21.4. The van der Waals surface area contributed by atoms with Gasteiger partial charge in [-0.2, -0.15) is 13.2 Å². The maximum Gasteiger partial charge on any atom is 0.394 e. The van der Waals surface area contributed by atoms with Crippen molar-refractivity contribution in [1.29, 1.82) is 0 Å². The second kappa shape index (κ2) is 11.0. The molecule has 3 aromatic rings. The zero-order valence-corrected chi connectivity index (χ0v) is 24.1. The van der Waals surface area contributed by atoms with Gasteiger partial charge < -0.3 is 19.7 Å². The van der Waals surface area contributed by atoms with Crippen LogP contribution in [0.2, 0.25) is 0 Å². The minimum atomic E-state index is -4.22. The molecule has 14 heteroatoms. The van der Waals surface area contributed by atoms with Gasteiger partial charge in [-0.3, -0.25) is 9.52 Å². The number of fused-ring (bicyclic) bond motifs is 6. The lowest BCUT2D eigenvalue weighted by Crippen LogP contribution is -2.40. The summed E-state index contributed by atoms with van der Waals surface area (Å²) in [4.78, 5) is 24.9. The highest BCUT2D eigenvalue weighted by molar-refractivity contribution is 7.97. The smallest absolute Gasteiger partial charge is 0.394 e. The molecule has 5 heterocycles. The summed E-state index contributed by atoms with van der Waals surface area (Å²) in [6.07, 6.45) is -1.74. The van der Waals surface area contributed by atoms with Gasteiger partial charge in [0.2, 0.25) is 5.88 Å². The summed E-state index contributed by atoms with van der Waals surface area (Å²) < 4.78 is 55.9. The van der Waals surface area contributed by atoms with E-state index in [2.05, 4.69) is 38.9 Å². The lowest BCUT2D eigenvalue weighted by atomic mass is 10.0. The lowest BCUT2D eigenvalue weighted by Gasteiger charge is -2.33. The molecule has 1 saturated heterocycles. The van der Waals surface area contributed by atoms with Crippen molar-refractivity contribution in [1.82, 2.24) is 24.5 Å². The fourth-order valence-electron chi connectivity index (χ4n) is 5.43. The Bertz CT molecular complexity index is 1460. The van der Waals surface area contributed by atoms with Gasteiger partial charge in [0.05, 0.1) is 30.3 Å². The standard InChI is InChI=1S/C28H32F3N7O3S/c1-26(2)16-18-17-37(26)24-19(25(39)36-42-23-5-3-4-20(33-23)32-12-15-40-18)6-7-21(34-24)38-13-8-22(35-38)41-14-11-27(9-10-27)28(29,30)31/h3-8,13,18H,9-12,14-17H2,1-2H3,(H,32,33)(H,36,39). The van der Waals surface area contributed by atoms with Crippen LogP contribution in [-0.4, -0.2) is 69.8 Å². The molecule has 224 valence electrons. The van der Waals surface area contributed by atoms with Gasteiger partial charge in [-0.15, -0.1) is 5.10 Å². The highest BCUT2D eigenvalue weighted by Crippen LogP contribution is 2.59. The summed E-state index contributed by atoms with van der Waals surface area (Å²) in [6.45, 7) is 5.71. The summed E-state index contributed by atoms with van der Waals surface area (Å²) in [5.74, 6) is 1.50. The van der Waals surface area contributed by atoms with Crippen molar-refractivity contribution < 1.29 is 27.4 Å². The molecule has 1 saturated carbocycles. The molecule has 3 aromatic heterocycles. The Morgan fingerprint density at radius 2 is 2.00 bits per heavy atom. The van der Waals surface area contributed by atoms with E-state index in [0.29, 0.717) is 47.7 Å². The number of ether oxygens (including phenoxy) is 2. The maximum absolute atomic E-state index is 13.5. The van der Waals surface area contributed by atoms with E-state index < -0.39 is 11.6 Å². The van der Waals surface area contributed by atoms with Crippen molar-refractivity contribution in [3.8, 4) is 11.7 Å². The Kier molecular flexibility index (Phi) is 7.46.